The van der Waals surface area contributed by atoms with Gasteiger partial charge in [-0.3, -0.25) is 9.59 Å². The van der Waals surface area contributed by atoms with E-state index in [0.29, 0.717) is 38.6 Å². The van der Waals surface area contributed by atoms with Crippen molar-refractivity contribution in [2.75, 3.05) is 46.4 Å². The molecule has 4 rings (SSSR count). The van der Waals surface area contributed by atoms with E-state index in [-0.39, 0.29) is 24.0 Å². The number of carbonyl (C=O) groups excluding carboxylic acids is 3. The van der Waals surface area contributed by atoms with Crippen molar-refractivity contribution in [2.24, 2.45) is 17.8 Å². The molecule has 0 radical (unpaired) electrons. The van der Waals surface area contributed by atoms with Crippen LogP contribution in [0.4, 0.5) is 4.79 Å². The first kappa shape index (κ1) is 20.2. The fourth-order valence-electron chi connectivity index (χ4n) is 5.32. The Morgan fingerprint density at radius 3 is 2.48 bits per heavy atom. The number of amides is 3. The highest BCUT2D eigenvalue weighted by Gasteiger charge is 2.67. The van der Waals surface area contributed by atoms with Crippen LogP contribution in [0.3, 0.4) is 0 Å². The van der Waals surface area contributed by atoms with Crippen LogP contribution in [0.2, 0.25) is 0 Å². The number of hydrogen-bond donors (Lipinski definition) is 0. The van der Waals surface area contributed by atoms with Gasteiger partial charge >= 0.3 is 6.09 Å². The van der Waals surface area contributed by atoms with Gasteiger partial charge in [-0.15, -0.1) is 0 Å². The number of likely N-dealkylation sites (tertiary alicyclic amines) is 1. The van der Waals surface area contributed by atoms with Gasteiger partial charge in [0.25, 0.3) is 0 Å². The van der Waals surface area contributed by atoms with Crippen molar-refractivity contribution in [2.45, 2.75) is 38.4 Å². The van der Waals surface area contributed by atoms with E-state index >= 15 is 0 Å². The number of fused-ring (bicyclic) bond motifs is 1. The van der Waals surface area contributed by atoms with Gasteiger partial charge in [0.2, 0.25) is 11.8 Å². The van der Waals surface area contributed by atoms with E-state index in [1.807, 2.05) is 17.1 Å². The Morgan fingerprint density at radius 1 is 1.21 bits per heavy atom. The molecule has 0 N–H and O–H groups in total. The quantitative estimate of drug-likeness (QED) is 0.641. The van der Waals surface area contributed by atoms with E-state index in [0.717, 1.165) is 19.4 Å². The first-order valence-corrected chi connectivity index (χ1v) is 10.7. The number of piperazine rings is 1. The molecule has 0 saturated carbocycles. The molecule has 1 spiro atoms. The molecular formula is C21H31N3O5. The molecule has 0 unspecified atom stereocenters. The van der Waals surface area contributed by atoms with E-state index in [2.05, 4.69) is 13.8 Å². The molecule has 8 heteroatoms. The molecule has 8 nitrogen and oxygen atoms in total. The van der Waals surface area contributed by atoms with Crippen molar-refractivity contribution in [1.29, 1.82) is 0 Å². The van der Waals surface area contributed by atoms with Crippen LogP contribution in [0.15, 0.2) is 12.2 Å². The minimum Gasteiger partial charge on any atom is -0.453 e. The van der Waals surface area contributed by atoms with Crippen molar-refractivity contribution in [3.8, 4) is 0 Å². The fraction of sp³-hybridized carbons (Fsp3) is 0.762. The number of carbonyl (C=O) groups is 3. The Bertz CT molecular complexity index is 713. The summed E-state index contributed by atoms with van der Waals surface area (Å²) in [7, 11) is 1.36. The van der Waals surface area contributed by atoms with Gasteiger partial charge in [-0.25, -0.2) is 4.79 Å². The molecule has 3 saturated heterocycles. The zero-order valence-electron chi connectivity index (χ0n) is 17.5. The summed E-state index contributed by atoms with van der Waals surface area (Å²) < 4.78 is 11.0. The summed E-state index contributed by atoms with van der Waals surface area (Å²) in [5, 5.41) is 0. The second-order valence-electron chi connectivity index (χ2n) is 8.58. The summed E-state index contributed by atoms with van der Waals surface area (Å²) in [4.78, 5) is 43.6. The normalized spacial score (nSPS) is 33.0. The van der Waals surface area contributed by atoms with Crippen molar-refractivity contribution in [3.05, 3.63) is 12.2 Å². The smallest absolute Gasteiger partial charge is 0.409 e. The van der Waals surface area contributed by atoms with Gasteiger partial charge in [-0.05, 0) is 5.92 Å². The fourth-order valence-corrected chi connectivity index (χ4v) is 5.32. The third-order valence-corrected chi connectivity index (χ3v) is 7.12. The lowest BCUT2D eigenvalue weighted by molar-refractivity contribution is -0.144. The third-order valence-electron chi connectivity index (χ3n) is 7.12. The Balaban J connectivity index is 1.47. The molecule has 3 fully saturated rings. The van der Waals surface area contributed by atoms with Crippen molar-refractivity contribution in [3.63, 3.8) is 0 Å². The van der Waals surface area contributed by atoms with Crippen LogP contribution in [-0.2, 0) is 19.1 Å². The minimum atomic E-state index is -0.651. The van der Waals surface area contributed by atoms with Crippen molar-refractivity contribution >= 4 is 17.9 Å². The average molecular weight is 405 g/mol. The Morgan fingerprint density at radius 2 is 1.86 bits per heavy atom. The summed E-state index contributed by atoms with van der Waals surface area (Å²) >= 11 is 0. The third kappa shape index (κ3) is 3.21. The second kappa shape index (κ2) is 7.63. The lowest BCUT2D eigenvalue weighted by Gasteiger charge is -2.36. The molecule has 0 aromatic heterocycles. The second-order valence-corrected chi connectivity index (χ2v) is 8.58. The molecule has 2 bridgehead atoms. The van der Waals surface area contributed by atoms with Crippen LogP contribution in [0, 0.1) is 17.8 Å². The summed E-state index contributed by atoms with van der Waals surface area (Å²) in [5.41, 5.74) is -0.651. The van der Waals surface area contributed by atoms with Gasteiger partial charge in [-0.2, -0.15) is 0 Å². The van der Waals surface area contributed by atoms with Gasteiger partial charge in [0.1, 0.15) is 5.60 Å². The molecule has 4 aliphatic rings. The highest BCUT2D eigenvalue weighted by Crippen LogP contribution is 2.52. The molecule has 4 atom stereocenters. The topological polar surface area (TPSA) is 79.4 Å². The van der Waals surface area contributed by atoms with E-state index < -0.39 is 17.4 Å². The van der Waals surface area contributed by atoms with Crippen LogP contribution in [-0.4, -0.2) is 90.7 Å². The van der Waals surface area contributed by atoms with Crippen LogP contribution in [0.5, 0.6) is 0 Å². The average Bonchev–Trinajstić information content (AvgIpc) is 3.39. The van der Waals surface area contributed by atoms with E-state index in [1.165, 1.54) is 7.11 Å². The standard InChI is InChI=1S/C21H31N3O5/c1-4-14(5-2)12-24-13-21-7-6-15(29-21)16(17(21)19(24)26)18(25)22-8-10-23(11-9-22)20(27)28-3/h6-7,14-17H,4-5,8-13H2,1-3H3/t15-,16+,17-,21-/m0/s1. The van der Waals surface area contributed by atoms with Crippen molar-refractivity contribution in [1.82, 2.24) is 14.7 Å². The van der Waals surface area contributed by atoms with E-state index in [1.54, 1.807) is 9.80 Å². The highest BCUT2D eigenvalue weighted by molar-refractivity contribution is 5.93. The molecular weight excluding hydrogens is 374 g/mol. The highest BCUT2D eigenvalue weighted by atomic mass is 16.5. The van der Waals surface area contributed by atoms with Gasteiger partial charge in [0.15, 0.2) is 0 Å². The minimum absolute atomic E-state index is 0.0338. The Labute approximate surface area is 171 Å². The summed E-state index contributed by atoms with van der Waals surface area (Å²) in [6.45, 7) is 7.35. The number of hydrogen-bond acceptors (Lipinski definition) is 5. The largest absolute Gasteiger partial charge is 0.453 e. The lowest BCUT2D eigenvalue weighted by Crippen LogP contribution is -2.54. The monoisotopic (exact) mass is 405 g/mol. The molecule has 0 aromatic carbocycles. The number of ether oxygens (including phenoxy) is 2. The molecule has 160 valence electrons. The summed E-state index contributed by atoms with van der Waals surface area (Å²) in [6, 6.07) is 0. The van der Waals surface area contributed by atoms with Crippen LogP contribution in [0.1, 0.15) is 26.7 Å². The number of rotatable bonds is 5. The zero-order chi connectivity index (χ0) is 20.8. The van der Waals surface area contributed by atoms with Crippen LogP contribution >= 0.6 is 0 Å². The zero-order valence-corrected chi connectivity index (χ0v) is 17.5. The van der Waals surface area contributed by atoms with Gasteiger partial charge in [0.05, 0.1) is 31.6 Å². The number of methoxy groups -OCH3 is 1. The van der Waals surface area contributed by atoms with E-state index in [9.17, 15) is 14.4 Å². The SMILES string of the molecule is CCC(CC)CN1C[C@]23C=C[C@H](O2)[C@@H](C(=O)N2CCN(C(=O)OC)CC2)[C@H]3C1=O. The molecule has 0 aromatic rings. The summed E-state index contributed by atoms with van der Waals surface area (Å²) in [6.07, 6.45) is 5.33. The van der Waals surface area contributed by atoms with Crippen LogP contribution < -0.4 is 0 Å². The molecule has 3 amide bonds. The first-order valence-electron chi connectivity index (χ1n) is 10.7. The van der Waals surface area contributed by atoms with E-state index in [4.69, 9.17) is 9.47 Å². The van der Waals surface area contributed by atoms with Crippen LogP contribution in [0.25, 0.3) is 0 Å². The predicted molar refractivity (Wildman–Crippen MR) is 105 cm³/mol. The van der Waals surface area contributed by atoms with Gasteiger partial charge in [0, 0.05) is 32.7 Å². The van der Waals surface area contributed by atoms with Gasteiger partial charge in [-0.1, -0.05) is 38.8 Å². The Kier molecular flexibility index (Phi) is 5.31. The lowest BCUT2D eigenvalue weighted by atomic mass is 9.76. The summed E-state index contributed by atoms with van der Waals surface area (Å²) in [5.74, 6) is -0.415. The molecule has 4 heterocycles. The maximum absolute atomic E-state index is 13.4. The maximum Gasteiger partial charge on any atom is 0.409 e. The molecule has 4 aliphatic heterocycles. The predicted octanol–water partition coefficient (Wildman–Crippen LogP) is 1.12. The van der Waals surface area contributed by atoms with Gasteiger partial charge < -0.3 is 24.2 Å². The van der Waals surface area contributed by atoms with Crippen molar-refractivity contribution < 1.29 is 23.9 Å². The Hall–Kier alpha value is -2.09. The molecule has 0 aliphatic carbocycles. The first-order chi connectivity index (χ1) is 13.9. The maximum atomic E-state index is 13.4. The molecule has 29 heavy (non-hydrogen) atoms. The number of nitrogens with zero attached hydrogens (tertiary/aromatic N) is 3.